The number of hydrogen-bond acceptors (Lipinski definition) is 4. The Hall–Kier alpha value is 0.230. The first-order chi connectivity index (χ1) is 7.78. The minimum Gasteiger partial charge on any atom is -0.390 e. The average Bonchev–Trinajstić information content (AvgIpc) is 3.10. The summed E-state index contributed by atoms with van der Waals surface area (Å²) in [6.07, 6.45) is 3.65. The van der Waals surface area contributed by atoms with Crippen LogP contribution in [-0.2, 0) is 0 Å². The van der Waals surface area contributed by atoms with Crippen molar-refractivity contribution >= 4 is 11.8 Å². The Morgan fingerprint density at radius 2 is 2.31 bits per heavy atom. The number of nitrogens with zero attached hydrogens (tertiary/aromatic N) is 1. The minimum absolute atomic E-state index is 0.193. The zero-order chi connectivity index (χ0) is 11.4. The Morgan fingerprint density at radius 3 is 3.00 bits per heavy atom. The fraction of sp³-hybridized carbons (Fsp3) is 1.00. The molecule has 4 heteroatoms. The van der Waals surface area contributed by atoms with Crippen LogP contribution in [0.1, 0.15) is 26.2 Å². The molecule has 2 N–H and O–H groups in total. The van der Waals surface area contributed by atoms with Crippen LogP contribution < -0.4 is 5.32 Å². The van der Waals surface area contributed by atoms with Gasteiger partial charge in [0.05, 0.1) is 6.10 Å². The predicted molar refractivity (Wildman–Crippen MR) is 70.0 cm³/mol. The van der Waals surface area contributed by atoms with Crippen molar-refractivity contribution in [3.8, 4) is 0 Å². The smallest absolute Gasteiger partial charge is 0.0791 e. The van der Waals surface area contributed by atoms with Crippen LogP contribution in [-0.4, -0.2) is 59.3 Å². The highest BCUT2D eigenvalue weighted by atomic mass is 32.2. The topological polar surface area (TPSA) is 35.5 Å². The number of aliphatic hydroxyl groups is 1. The van der Waals surface area contributed by atoms with E-state index in [9.17, 15) is 5.11 Å². The van der Waals surface area contributed by atoms with Crippen LogP contribution in [0.3, 0.4) is 0 Å². The van der Waals surface area contributed by atoms with Crippen molar-refractivity contribution in [3.05, 3.63) is 0 Å². The van der Waals surface area contributed by atoms with E-state index in [1.165, 1.54) is 25.0 Å². The molecule has 94 valence electrons. The fourth-order valence-corrected chi connectivity index (χ4v) is 3.39. The van der Waals surface area contributed by atoms with Gasteiger partial charge in [-0.3, -0.25) is 4.90 Å². The number of thioether (sulfide) groups is 1. The molecule has 1 saturated carbocycles. The molecule has 0 aromatic carbocycles. The fourth-order valence-electron chi connectivity index (χ4n) is 2.15. The maximum Gasteiger partial charge on any atom is 0.0791 e. The third-order valence-corrected chi connectivity index (χ3v) is 4.74. The van der Waals surface area contributed by atoms with Gasteiger partial charge in [-0.2, -0.15) is 11.8 Å². The summed E-state index contributed by atoms with van der Waals surface area (Å²) in [4.78, 5) is 2.42. The van der Waals surface area contributed by atoms with Crippen molar-refractivity contribution in [2.45, 2.75) is 43.6 Å². The second-order valence-corrected chi connectivity index (χ2v) is 6.41. The molecule has 1 heterocycles. The Morgan fingerprint density at radius 1 is 1.50 bits per heavy atom. The van der Waals surface area contributed by atoms with Crippen molar-refractivity contribution in [3.63, 3.8) is 0 Å². The van der Waals surface area contributed by atoms with E-state index in [1.54, 1.807) is 0 Å². The quantitative estimate of drug-likeness (QED) is 0.728. The highest BCUT2D eigenvalue weighted by Gasteiger charge is 2.23. The molecule has 1 aliphatic carbocycles. The summed E-state index contributed by atoms with van der Waals surface area (Å²) in [6.45, 7) is 6.16. The molecule has 1 aliphatic heterocycles. The molecule has 2 atom stereocenters. The zero-order valence-corrected chi connectivity index (χ0v) is 11.0. The van der Waals surface area contributed by atoms with Crippen LogP contribution in [0, 0.1) is 0 Å². The van der Waals surface area contributed by atoms with E-state index >= 15 is 0 Å². The second-order valence-electron chi connectivity index (χ2n) is 5.00. The molecule has 2 fully saturated rings. The first kappa shape index (κ1) is 12.7. The molecular formula is C12H24N2OS. The third-order valence-electron chi connectivity index (χ3n) is 3.37. The zero-order valence-electron chi connectivity index (χ0n) is 10.2. The van der Waals surface area contributed by atoms with Crippen LogP contribution in [0.15, 0.2) is 0 Å². The van der Waals surface area contributed by atoms with E-state index in [0.717, 1.165) is 31.4 Å². The number of hydrogen-bond donors (Lipinski definition) is 2. The lowest BCUT2D eigenvalue weighted by atomic mass is 10.2. The molecule has 3 nitrogen and oxygen atoms in total. The van der Waals surface area contributed by atoms with E-state index in [-0.39, 0.29) is 6.10 Å². The molecule has 16 heavy (non-hydrogen) atoms. The van der Waals surface area contributed by atoms with Crippen molar-refractivity contribution in [2.24, 2.45) is 0 Å². The molecular weight excluding hydrogens is 220 g/mol. The van der Waals surface area contributed by atoms with Crippen molar-refractivity contribution in [1.29, 1.82) is 0 Å². The number of aliphatic hydroxyl groups excluding tert-OH is 1. The van der Waals surface area contributed by atoms with Gasteiger partial charge in [0.1, 0.15) is 0 Å². The maximum atomic E-state index is 9.93. The molecule has 2 rings (SSSR count). The first-order valence-electron chi connectivity index (χ1n) is 6.53. The van der Waals surface area contributed by atoms with Crippen LogP contribution in [0.4, 0.5) is 0 Å². The van der Waals surface area contributed by atoms with Gasteiger partial charge in [-0.1, -0.05) is 6.92 Å². The standard InChI is InChI=1S/C12H24N2OS/c1-2-12-9-14(5-6-16-12)8-11(15)7-13-10-3-4-10/h10-13,15H,2-9H2,1H3. The van der Waals surface area contributed by atoms with Gasteiger partial charge in [0, 0.05) is 43.2 Å². The van der Waals surface area contributed by atoms with E-state index in [0.29, 0.717) is 6.04 Å². The maximum absolute atomic E-state index is 9.93. The second kappa shape index (κ2) is 6.24. The molecule has 2 aliphatic rings. The van der Waals surface area contributed by atoms with Crippen molar-refractivity contribution in [1.82, 2.24) is 10.2 Å². The molecule has 0 radical (unpaired) electrons. The van der Waals surface area contributed by atoms with Crippen LogP contribution in [0.5, 0.6) is 0 Å². The van der Waals surface area contributed by atoms with Gasteiger partial charge in [-0.15, -0.1) is 0 Å². The van der Waals surface area contributed by atoms with Gasteiger partial charge in [0.2, 0.25) is 0 Å². The summed E-state index contributed by atoms with van der Waals surface area (Å²) in [7, 11) is 0. The summed E-state index contributed by atoms with van der Waals surface area (Å²) < 4.78 is 0. The van der Waals surface area contributed by atoms with E-state index in [1.807, 2.05) is 0 Å². The molecule has 1 saturated heterocycles. The van der Waals surface area contributed by atoms with Gasteiger partial charge in [-0.05, 0) is 19.3 Å². The Bertz CT molecular complexity index is 211. The molecule has 0 aromatic rings. The van der Waals surface area contributed by atoms with Crippen LogP contribution >= 0.6 is 11.8 Å². The monoisotopic (exact) mass is 244 g/mol. The van der Waals surface area contributed by atoms with Gasteiger partial charge in [0.25, 0.3) is 0 Å². The van der Waals surface area contributed by atoms with Gasteiger partial charge < -0.3 is 10.4 Å². The molecule has 0 spiro atoms. The lowest BCUT2D eigenvalue weighted by molar-refractivity contribution is 0.112. The molecule has 0 aromatic heterocycles. The van der Waals surface area contributed by atoms with Gasteiger partial charge in [-0.25, -0.2) is 0 Å². The summed E-state index contributed by atoms with van der Waals surface area (Å²) in [6, 6.07) is 0.704. The number of nitrogens with one attached hydrogen (secondary N) is 1. The van der Waals surface area contributed by atoms with E-state index in [2.05, 4.69) is 28.9 Å². The Kier molecular flexibility index (Phi) is 4.95. The van der Waals surface area contributed by atoms with E-state index < -0.39 is 0 Å². The summed E-state index contributed by atoms with van der Waals surface area (Å²) in [5.41, 5.74) is 0. The van der Waals surface area contributed by atoms with E-state index in [4.69, 9.17) is 0 Å². The number of β-amino-alcohol motifs (C(OH)–C–C–N with tert-alkyl or cyclic N) is 1. The summed E-state index contributed by atoms with van der Waals surface area (Å²) in [5.74, 6) is 1.22. The van der Waals surface area contributed by atoms with Crippen molar-refractivity contribution < 1.29 is 5.11 Å². The lowest BCUT2D eigenvalue weighted by Gasteiger charge is -2.33. The molecule has 0 bridgehead atoms. The first-order valence-corrected chi connectivity index (χ1v) is 7.58. The number of rotatable bonds is 6. The lowest BCUT2D eigenvalue weighted by Crippen LogP contribution is -2.44. The normalized spacial score (nSPS) is 29.2. The van der Waals surface area contributed by atoms with Crippen molar-refractivity contribution in [2.75, 3.05) is 31.9 Å². The summed E-state index contributed by atoms with van der Waals surface area (Å²) in [5, 5.41) is 14.1. The highest BCUT2D eigenvalue weighted by molar-refractivity contribution is 8.00. The molecule has 2 unspecified atom stereocenters. The Balaban J connectivity index is 1.62. The molecule has 0 amide bonds. The largest absolute Gasteiger partial charge is 0.390 e. The minimum atomic E-state index is -0.193. The SMILES string of the molecule is CCC1CN(CC(O)CNC2CC2)CCS1. The highest BCUT2D eigenvalue weighted by Crippen LogP contribution is 2.21. The van der Waals surface area contributed by atoms with Crippen LogP contribution in [0.2, 0.25) is 0 Å². The average molecular weight is 244 g/mol. The predicted octanol–water partition coefficient (Wildman–Crippen LogP) is 0.927. The van der Waals surface area contributed by atoms with Gasteiger partial charge in [0.15, 0.2) is 0 Å². The van der Waals surface area contributed by atoms with Crippen LogP contribution in [0.25, 0.3) is 0 Å². The Labute approximate surface area is 103 Å². The van der Waals surface area contributed by atoms with Gasteiger partial charge >= 0.3 is 0 Å². The third kappa shape index (κ3) is 4.24. The summed E-state index contributed by atoms with van der Waals surface area (Å²) >= 11 is 2.08.